The first kappa shape index (κ1) is 15.5. The molecule has 0 radical (unpaired) electrons. The molecule has 0 aliphatic heterocycles. The van der Waals surface area contributed by atoms with Crippen LogP contribution in [0.15, 0.2) is 60.8 Å². The van der Waals surface area contributed by atoms with E-state index in [1.54, 1.807) is 12.1 Å². The number of pyridine rings is 1. The summed E-state index contributed by atoms with van der Waals surface area (Å²) in [5, 5.41) is 9.70. The summed E-state index contributed by atoms with van der Waals surface area (Å²) in [6.07, 6.45) is 1.89. The highest BCUT2D eigenvalue weighted by Crippen LogP contribution is 2.25. The van der Waals surface area contributed by atoms with Crippen molar-refractivity contribution in [2.45, 2.75) is 20.4 Å². The second-order valence-electron chi connectivity index (χ2n) is 5.84. The van der Waals surface area contributed by atoms with Gasteiger partial charge in [-0.1, -0.05) is 60.2 Å². The minimum Gasteiger partial charge on any atom is -0.505 e. The summed E-state index contributed by atoms with van der Waals surface area (Å²) in [5.41, 5.74) is 6.19. The minimum atomic E-state index is 0.148. The van der Waals surface area contributed by atoms with E-state index in [0.29, 0.717) is 11.2 Å². The summed E-state index contributed by atoms with van der Waals surface area (Å²) in [5.74, 6) is 0.148. The maximum atomic E-state index is 9.70. The molecule has 0 bridgehead atoms. The van der Waals surface area contributed by atoms with Gasteiger partial charge in [-0.15, -0.1) is 0 Å². The van der Waals surface area contributed by atoms with Crippen LogP contribution in [0.1, 0.15) is 16.7 Å². The number of benzene rings is 2. The average molecular weight is 321 g/mol. The van der Waals surface area contributed by atoms with Gasteiger partial charge in [0, 0.05) is 12.7 Å². The van der Waals surface area contributed by atoms with Gasteiger partial charge in [0.15, 0.2) is 0 Å². The first-order chi connectivity index (χ1) is 11.0. The van der Waals surface area contributed by atoms with Gasteiger partial charge < -0.3 is 9.67 Å². The topological polar surface area (TPSA) is 25.2 Å². The lowest BCUT2D eigenvalue weighted by Gasteiger charge is -2.10. The SMILES string of the molecule is Cc1ccc(-c2ccc(Cn3cccc(O)c3=S)cc2)c(C)c1. The summed E-state index contributed by atoms with van der Waals surface area (Å²) in [4.78, 5) is 0. The number of aromatic nitrogens is 1. The number of hydrogen-bond acceptors (Lipinski definition) is 2. The largest absolute Gasteiger partial charge is 0.505 e. The van der Waals surface area contributed by atoms with Crippen LogP contribution >= 0.6 is 12.2 Å². The minimum absolute atomic E-state index is 0.148. The van der Waals surface area contributed by atoms with Crippen LogP contribution in [-0.2, 0) is 6.54 Å². The van der Waals surface area contributed by atoms with Crippen molar-refractivity contribution in [1.29, 1.82) is 0 Å². The molecular weight excluding hydrogens is 302 g/mol. The highest BCUT2D eigenvalue weighted by Gasteiger charge is 2.03. The number of nitrogens with zero attached hydrogens (tertiary/aromatic N) is 1. The third kappa shape index (κ3) is 3.35. The Balaban J connectivity index is 1.87. The highest BCUT2D eigenvalue weighted by atomic mass is 32.1. The van der Waals surface area contributed by atoms with Crippen LogP contribution in [0.3, 0.4) is 0 Å². The summed E-state index contributed by atoms with van der Waals surface area (Å²) in [6, 6.07) is 18.4. The lowest BCUT2D eigenvalue weighted by molar-refractivity contribution is 0.464. The molecule has 0 aliphatic carbocycles. The van der Waals surface area contributed by atoms with E-state index in [-0.39, 0.29) is 5.75 Å². The fraction of sp³-hybridized carbons (Fsp3) is 0.150. The number of aromatic hydroxyl groups is 1. The van der Waals surface area contributed by atoms with Crippen molar-refractivity contribution in [1.82, 2.24) is 4.57 Å². The zero-order valence-corrected chi connectivity index (χ0v) is 14.1. The molecule has 1 N–H and O–H groups in total. The number of aryl methyl sites for hydroxylation is 2. The van der Waals surface area contributed by atoms with E-state index in [2.05, 4.69) is 56.3 Å². The lowest BCUT2D eigenvalue weighted by atomic mass is 9.98. The van der Waals surface area contributed by atoms with Crippen LogP contribution in [0.2, 0.25) is 0 Å². The van der Waals surface area contributed by atoms with Gasteiger partial charge in [-0.2, -0.15) is 0 Å². The Hall–Kier alpha value is -2.39. The molecule has 2 aromatic carbocycles. The highest BCUT2D eigenvalue weighted by molar-refractivity contribution is 7.71. The van der Waals surface area contributed by atoms with Gasteiger partial charge in [-0.05, 0) is 48.2 Å². The molecule has 0 fully saturated rings. The van der Waals surface area contributed by atoms with Crippen molar-refractivity contribution in [3.8, 4) is 16.9 Å². The van der Waals surface area contributed by atoms with Crippen LogP contribution < -0.4 is 0 Å². The van der Waals surface area contributed by atoms with Crippen LogP contribution in [0.5, 0.6) is 5.75 Å². The second-order valence-corrected chi connectivity index (χ2v) is 6.23. The molecule has 23 heavy (non-hydrogen) atoms. The van der Waals surface area contributed by atoms with Crippen LogP contribution in [0.4, 0.5) is 0 Å². The van der Waals surface area contributed by atoms with Crippen molar-refractivity contribution >= 4 is 12.2 Å². The zero-order valence-electron chi connectivity index (χ0n) is 13.3. The van der Waals surface area contributed by atoms with E-state index in [0.717, 1.165) is 5.56 Å². The van der Waals surface area contributed by atoms with E-state index in [1.807, 2.05) is 10.8 Å². The Kier molecular flexibility index (Phi) is 4.30. The predicted molar refractivity (Wildman–Crippen MR) is 97.4 cm³/mol. The van der Waals surface area contributed by atoms with Gasteiger partial charge >= 0.3 is 0 Å². The number of hydrogen-bond donors (Lipinski definition) is 1. The van der Waals surface area contributed by atoms with Crippen LogP contribution in [-0.4, -0.2) is 9.67 Å². The van der Waals surface area contributed by atoms with Gasteiger partial charge in [0.1, 0.15) is 10.4 Å². The normalized spacial score (nSPS) is 10.7. The van der Waals surface area contributed by atoms with Crippen molar-refractivity contribution in [2.24, 2.45) is 0 Å². The van der Waals surface area contributed by atoms with E-state index >= 15 is 0 Å². The Morgan fingerprint density at radius 1 is 1.00 bits per heavy atom. The molecule has 116 valence electrons. The van der Waals surface area contributed by atoms with Crippen molar-refractivity contribution in [3.05, 3.63) is 82.1 Å². The van der Waals surface area contributed by atoms with E-state index in [4.69, 9.17) is 12.2 Å². The molecule has 2 nitrogen and oxygen atoms in total. The van der Waals surface area contributed by atoms with Gasteiger partial charge in [0.25, 0.3) is 0 Å². The molecule has 3 rings (SSSR count). The first-order valence-corrected chi connectivity index (χ1v) is 8.00. The Bertz CT molecular complexity index is 894. The molecule has 0 aliphatic rings. The molecule has 0 amide bonds. The lowest BCUT2D eigenvalue weighted by Crippen LogP contribution is -2.01. The van der Waals surface area contributed by atoms with Crippen LogP contribution in [0, 0.1) is 18.5 Å². The Labute approximate surface area is 141 Å². The summed E-state index contributed by atoms with van der Waals surface area (Å²) < 4.78 is 2.34. The molecule has 1 aromatic heterocycles. The average Bonchev–Trinajstić information content (AvgIpc) is 2.53. The summed E-state index contributed by atoms with van der Waals surface area (Å²) in [6.45, 7) is 4.90. The number of rotatable bonds is 3. The quantitative estimate of drug-likeness (QED) is 0.666. The second kappa shape index (κ2) is 6.39. The summed E-state index contributed by atoms with van der Waals surface area (Å²) in [7, 11) is 0. The maximum absolute atomic E-state index is 9.70. The van der Waals surface area contributed by atoms with Crippen molar-refractivity contribution in [3.63, 3.8) is 0 Å². The smallest absolute Gasteiger partial charge is 0.150 e. The molecule has 0 spiro atoms. The molecule has 0 unspecified atom stereocenters. The zero-order chi connectivity index (χ0) is 16.4. The van der Waals surface area contributed by atoms with E-state index in [9.17, 15) is 5.11 Å². The Morgan fingerprint density at radius 2 is 1.74 bits per heavy atom. The maximum Gasteiger partial charge on any atom is 0.150 e. The monoisotopic (exact) mass is 321 g/mol. The molecular formula is C20H19NOS. The van der Waals surface area contributed by atoms with E-state index in [1.165, 1.54) is 22.3 Å². The molecule has 0 saturated carbocycles. The molecule has 3 heteroatoms. The van der Waals surface area contributed by atoms with Crippen molar-refractivity contribution < 1.29 is 5.11 Å². The summed E-state index contributed by atoms with van der Waals surface area (Å²) >= 11 is 5.24. The van der Waals surface area contributed by atoms with Gasteiger partial charge in [-0.3, -0.25) is 0 Å². The Morgan fingerprint density at radius 3 is 2.43 bits per heavy atom. The van der Waals surface area contributed by atoms with Crippen LogP contribution in [0.25, 0.3) is 11.1 Å². The molecule has 1 heterocycles. The third-order valence-electron chi connectivity index (χ3n) is 4.00. The molecule has 0 saturated heterocycles. The van der Waals surface area contributed by atoms with Gasteiger partial charge in [0.05, 0.1) is 0 Å². The van der Waals surface area contributed by atoms with Gasteiger partial charge in [0.2, 0.25) is 0 Å². The van der Waals surface area contributed by atoms with Gasteiger partial charge in [-0.25, -0.2) is 0 Å². The standard InChI is InChI=1S/C20H19NOS/c1-14-5-10-18(15(2)12-14)17-8-6-16(7-9-17)13-21-11-3-4-19(22)20(21)23/h3-12,22H,13H2,1-2H3. The molecule has 3 aromatic rings. The molecule has 0 atom stereocenters. The fourth-order valence-electron chi connectivity index (χ4n) is 2.77. The van der Waals surface area contributed by atoms with E-state index < -0.39 is 0 Å². The first-order valence-electron chi connectivity index (χ1n) is 7.59. The third-order valence-corrected chi connectivity index (χ3v) is 4.44. The fourth-order valence-corrected chi connectivity index (χ4v) is 2.97. The predicted octanol–water partition coefficient (Wildman–Crippen LogP) is 5.26. The van der Waals surface area contributed by atoms with Crippen molar-refractivity contribution in [2.75, 3.05) is 0 Å².